The van der Waals surface area contributed by atoms with Crippen molar-refractivity contribution in [1.29, 1.82) is 0 Å². The van der Waals surface area contributed by atoms with E-state index in [1.807, 2.05) is 31.3 Å². The summed E-state index contributed by atoms with van der Waals surface area (Å²) in [6.07, 6.45) is 0. The molecule has 5 nitrogen and oxygen atoms in total. The first kappa shape index (κ1) is 13.6. The zero-order chi connectivity index (χ0) is 14.8. The molecule has 2 heterocycles. The molecule has 0 radical (unpaired) electrons. The molecule has 0 atom stereocenters. The highest BCUT2D eigenvalue weighted by molar-refractivity contribution is 5.83. The number of rotatable bonds is 4. The lowest BCUT2D eigenvalue weighted by molar-refractivity contribution is 0.178. The molecule has 0 unspecified atom stereocenters. The number of methoxy groups -OCH3 is 1. The number of fused-ring (bicyclic) bond motifs is 1. The summed E-state index contributed by atoms with van der Waals surface area (Å²) in [4.78, 5) is 8.84. The van der Waals surface area contributed by atoms with Gasteiger partial charge in [0.25, 0.3) is 0 Å². The number of nitrogens with one attached hydrogen (secondary N) is 1. The Hall–Kier alpha value is -2.40. The lowest BCUT2D eigenvalue weighted by atomic mass is 10.2. The predicted molar refractivity (Wildman–Crippen MR) is 82.2 cm³/mol. The third-order valence-corrected chi connectivity index (χ3v) is 3.23. The Morgan fingerprint density at radius 3 is 2.81 bits per heavy atom. The first-order valence-corrected chi connectivity index (χ1v) is 6.75. The van der Waals surface area contributed by atoms with Gasteiger partial charge in [-0.3, -0.25) is 0 Å². The van der Waals surface area contributed by atoms with Crippen molar-refractivity contribution in [2.75, 3.05) is 19.5 Å². The fourth-order valence-corrected chi connectivity index (χ4v) is 2.23. The molecule has 1 aromatic carbocycles. The van der Waals surface area contributed by atoms with E-state index >= 15 is 0 Å². The second kappa shape index (κ2) is 5.54. The number of hydrogen-bond donors (Lipinski definition) is 1. The molecule has 3 rings (SSSR count). The molecule has 0 saturated carbocycles. The Morgan fingerprint density at radius 2 is 2.05 bits per heavy atom. The Balaban J connectivity index is 2.10. The summed E-state index contributed by atoms with van der Waals surface area (Å²) in [5.41, 5.74) is 2.80. The molecular formula is C16H17N3O2. The van der Waals surface area contributed by atoms with Crippen LogP contribution in [-0.2, 0) is 11.3 Å². The Labute approximate surface area is 123 Å². The third-order valence-electron chi connectivity index (χ3n) is 3.23. The number of anilines is 1. The van der Waals surface area contributed by atoms with Crippen LogP contribution in [0.15, 0.2) is 34.7 Å². The summed E-state index contributed by atoms with van der Waals surface area (Å²) < 4.78 is 11.0. The molecule has 0 aliphatic carbocycles. The van der Waals surface area contributed by atoms with Crippen molar-refractivity contribution in [2.45, 2.75) is 13.5 Å². The topological polar surface area (TPSA) is 60.2 Å². The Bertz CT molecular complexity index is 780. The van der Waals surface area contributed by atoms with E-state index in [4.69, 9.17) is 9.15 Å². The van der Waals surface area contributed by atoms with Crippen LogP contribution < -0.4 is 5.32 Å². The number of nitrogens with zero attached hydrogens (tertiary/aromatic N) is 2. The van der Waals surface area contributed by atoms with E-state index in [0.29, 0.717) is 12.4 Å². The first-order valence-electron chi connectivity index (χ1n) is 6.75. The molecule has 0 fully saturated rings. The number of furan rings is 1. The van der Waals surface area contributed by atoms with Crippen LogP contribution in [0.5, 0.6) is 0 Å². The van der Waals surface area contributed by atoms with Crippen LogP contribution in [0, 0.1) is 6.92 Å². The summed E-state index contributed by atoms with van der Waals surface area (Å²) in [6, 6.07) is 9.97. The summed E-state index contributed by atoms with van der Waals surface area (Å²) in [7, 11) is 3.45. The highest BCUT2D eigenvalue weighted by Crippen LogP contribution is 2.28. The SMILES string of the molecule is CNc1cc(-c2cc3cc(C)ccc3o2)nc(COC)n1. The van der Waals surface area contributed by atoms with E-state index in [-0.39, 0.29) is 0 Å². The lowest BCUT2D eigenvalue weighted by Gasteiger charge is -2.05. The van der Waals surface area contributed by atoms with Gasteiger partial charge < -0.3 is 14.5 Å². The summed E-state index contributed by atoms with van der Waals surface area (Å²) in [6.45, 7) is 2.43. The molecule has 3 aromatic rings. The molecule has 0 spiro atoms. The van der Waals surface area contributed by atoms with Gasteiger partial charge in [-0.05, 0) is 25.1 Å². The van der Waals surface area contributed by atoms with Crippen LogP contribution in [-0.4, -0.2) is 24.1 Å². The van der Waals surface area contributed by atoms with Crippen molar-refractivity contribution < 1.29 is 9.15 Å². The van der Waals surface area contributed by atoms with E-state index in [2.05, 4.69) is 28.3 Å². The van der Waals surface area contributed by atoms with Crippen LogP contribution in [0.1, 0.15) is 11.4 Å². The van der Waals surface area contributed by atoms with Gasteiger partial charge in [0.15, 0.2) is 11.6 Å². The molecule has 2 aromatic heterocycles. The van der Waals surface area contributed by atoms with Crippen molar-refractivity contribution in [2.24, 2.45) is 0 Å². The summed E-state index contributed by atoms with van der Waals surface area (Å²) in [5, 5.41) is 4.10. The van der Waals surface area contributed by atoms with Gasteiger partial charge in [0, 0.05) is 25.6 Å². The minimum Gasteiger partial charge on any atom is -0.454 e. The second-order valence-electron chi connectivity index (χ2n) is 4.89. The van der Waals surface area contributed by atoms with Crippen LogP contribution in [0.4, 0.5) is 5.82 Å². The zero-order valence-electron chi connectivity index (χ0n) is 12.3. The number of aryl methyl sites for hydroxylation is 1. The van der Waals surface area contributed by atoms with E-state index < -0.39 is 0 Å². The van der Waals surface area contributed by atoms with Crippen LogP contribution in [0.2, 0.25) is 0 Å². The van der Waals surface area contributed by atoms with E-state index in [1.54, 1.807) is 7.11 Å². The van der Waals surface area contributed by atoms with E-state index in [1.165, 1.54) is 5.56 Å². The monoisotopic (exact) mass is 283 g/mol. The van der Waals surface area contributed by atoms with Crippen molar-refractivity contribution >= 4 is 16.8 Å². The number of aromatic nitrogens is 2. The summed E-state index contributed by atoms with van der Waals surface area (Å²) in [5.74, 6) is 2.09. The maximum atomic E-state index is 5.88. The quantitative estimate of drug-likeness (QED) is 0.795. The summed E-state index contributed by atoms with van der Waals surface area (Å²) >= 11 is 0. The maximum absolute atomic E-state index is 5.88. The van der Waals surface area contributed by atoms with Crippen molar-refractivity contribution in [3.63, 3.8) is 0 Å². The molecule has 0 bridgehead atoms. The molecular weight excluding hydrogens is 266 g/mol. The first-order chi connectivity index (χ1) is 10.2. The largest absolute Gasteiger partial charge is 0.454 e. The average molecular weight is 283 g/mol. The predicted octanol–water partition coefficient (Wildman–Crippen LogP) is 3.39. The smallest absolute Gasteiger partial charge is 0.157 e. The fraction of sp³-hybridized carbons (Fsp3) is 0.250. The van der Waals surface area contributed by atoms with Gasteiger partial charge in [-0.25, -0.2) is 9.97 Å². The highest BCUT2D eigenvalue weighted by atomic mass is 16.5. The molecule has 0 amide bonds. The maximum Gasteiger partial charge on any atom is 0.157 e. The second-order valence-corrected chi connectivity index (χ2v) is 4.89. The molecule has 1 N–H and O–H groups in total. The average Bonchev–Trinajstić information content (AvgIpc) is 2.90. The van der Waals surface area contributed by atoms with Crippen LogP contribution >= 0.6 is 0 Å². The molecule has 5 heteroatoms. The van der Waals surface area contributed by atoms with Crippen LogP contribution in [0.3, 0.4) is 0 Å². The van der Waals surface area contributed by atoms with Gasteiger partial charge in [0.05, 0.1) is 0 Å². The van der Waals surface area contributed by atoms with Crippen molar-refractivity contribution in [3.05, 3.63) is 41.7 Å². The lowest BCUT2D eigenvalue weighted by Crippen LogP contribution is -2.02. The molecule has 0 aliphatic heterocycles. The van der Waals surface area contributed by atoms with Gasteiger partial charge in [0.2, 0.25) is 0 Å². The zero-order valence-corrected chi connectivity index (χ0v) is 12.3. The molecule has 21 heavy (non-hydrogen) atoms. The number of benzene rings is 1. The van der Waals surface area contributed by atoms with Crippen molar-refractivity contribution in [3.8, 4) is 11.5 Å². The van der Waals surface area contributed by atoms with E-state index in [9.17, 15) is 0 Å². The minimum atomic E-state index is 0.363. The normalized spacial score (nSPS) is 11.0. The Morgan fingerprint density at radius 1 is 1.19 bits per heavy atom. The van der Waals surface area contributed by atoms with Gasteiger partial charge in [-0.1, -0.05) is 11.6 Å². The van der Waals surface area contributed by atoms with Gasteiger partial charge in [-0.2, -0.15) is 0 Å². The molecule has 0 aliphatic rings. The molecule has 0 saturated heterocycles. The van der Waals surface area contributed by atoms with Crippen LogP contribution in [0.25, 0.3) is 22.4 Å². The van der Waals surface area contributed by atoms with Gasteiger partial charge in [-0.15, -0.1) is 0 Å². The minimum absolute atomic E-state index is 0.363. The van der Waals surface area contributed by atoms with E-state index in [0.717, 1.165) is 28.2 Å². The standard InChI is InChI=1S/C16H17N3O2/c1-10-4-5-13-11(6-10)7-14(21-13)12-8-15(17-2)19-16(18-12)9-20-3/h4-8H,9H2,1-3H3,(H,17,18,19). The number of hydrogen-bond acceptors (Lipinski definition) is 5. The number of ether oxygens (including phenoxy) is 1. The van der Waals surface area contributed by atoms with Gasteiger partial charge in [0.1, 0.15) is 23.7 Å². The highest BCUT2D eigenvalue weighted by Gasteiger charge is 2.11. The van der Waals surface area contributed by atoms with Gasteiger partial charge >= 0.3 is 0 Å². The van der Waals surface area contributed by atoms with Crippen molar-refractivity contribution in [1.82, 2.24) is 9.97 Å². The third kappa shape index (κ3) is 2.73. The Kier molecular flexibility index (Phi) is 3.58. The fourth-order valence-electron chi connectivity index (χ4n) is 2.23. The molecule has 108 valence electrons.